The van der Waals surface area contributed by atoms with Crippen LogP contribution in [0.25, 0.3) is 0 Å². The second-order valence-corrected chi connectivity index (χ2v) is 4.55. The first-order valence-electron chi connectivity index (χ1n) is 5.26. The Bertz CT molecular complexity index is 347. The standard InChI is InChI=1S/C12H14BrNO/c13-8-1-2-10-3-5-11(6-4-10)14-9-7-12(14)15/h3-6H,1-2,7-9H2. The fourth-order valence-electron chi connectivity index (χ4n) is 1.70. The van der Waals surface area contributed by atoms with Crippen molar-refractivity contribution in [2.45, 2.75) is 19.3 Å². The molecule has 0 atom stereocenters. The van der Waals surface area contributed by atoms with Gasteiger partial charge in [-0.25, -0.2) is 0 Å². The lowest BCUT2D eigenvalue weighted by Gasteiger charge is -2.30. The molecule has 0 aliphatic carbocycles. The van der Waals surface area contributed by atoms with E-state index >= 15 is 0 Å². The van der Waals surface area contributed by atoms with Gasteiger partial charge in [0.15, 0.2) is 0 Å². The van der Waals surface area contributed by atoms with Gasteiger partial charge in [0, 0.05) is 24.0 Å². The Balaban J connectivity index is 2.00. The molecule has 3 heteroatoms. The summed E-state index contributed by atoms with van der Waals surface area (Å²) in [7, 11) is 0. The van der Waals surface area contributed by atoms with Crippen LogP contribution in [0.5, 0.6) is 0 Å². The average Bonchev–Trinajstić information content (AvgIpc) is 2.26. The molecule has 1 amide bonds. The number of aryl methyl sites for hydroxylation is 1. The number of carbonyl (C=O) groups excluding carboxylic acids is 1. The van der Waals surface area contributed by atoms with Gasteiger partial charge in [-0.15, -0.1) is 0 Å². The highest BCUT2D eigenvalue weighted by Gasteiger charge is 2.24. The van der Waals surface area contributed by atoms with E-state index in [-0.39, 0.29) is 5.91 Å². The third kappa shape index (κ3) is 2.40. The Kier molecular flexibility index (Phi) is 3.41. The van der Waals surface area contributed by atoms with Crippen molar-refractivity contribution in [2.75, 3.05) is 16.8 Å². The minimum atomic E-state index is 0.239. The third-order valence-corrected chi connectivity index (χ3v) is 3.26. The molecule has 1 heterocycles. The quantitative estimate of drug-likeness (QED) is 0.607. The van der Waals surface area contributed by atoms with E-state index in [1.807, 2.05) is 17.0 Å². The molecule has 0 unspecified atom stereocenters. The predicted molar refractivity (Wildman–Crippen MR) is 65.5 cm³/mol. The van der Waals surface area contributed by atoms with Crippen molar-refractivity contribution >= 4 is 27.5 Å². The Labute approximate surface area is 98.4 Å². The molecule has 0 spiro atoms. The van der Waals surface area contributed by atoms with Gasteiger partial charge < -0.3 is 4.90 Å². The van der Waals surface area contributed by atoms with E-state index in [9.17, 15) is 4.79 Å². The van der Waals surface area contributed by atoms with Gasteiger partial charge in [-0.3, -0.25) is 4.79 Å². The van der Waals surface area contributed by atoms with Crippen molar-refractivity contribution < 1.29 is 4.79 Å². The molecule has 1 fully saturated rings. The number of alkyl halides is 1. The summed E-state index contributed by atoms with van der Waals surface area (Å²) in [6.07, 6.45) is 2.95. The molecule has 1 saturated heterocycles. The maximum absolute atomic E-state index is 11.2. The molecule has 1 aliphatic rings. The molecule has 1 aromatic carbocycles. The van der Waals surface area contributed by atoms with E-state index < -0.39 is 0 Å². The van der Waals surface area contributed by atoms with E-state index in [2.05, 4.69) is 28.1 Å². The molecule has 2 rings (SSSR count). The van der Waals surface area contributed by atoms with Gasteiger partial charge >= 0.3 is 0 Å². The van der Waals surface area contributed by atoms with Crippen LogP contribution in [0.3, 0.4) is 0 Å². The van der Waals surface area contributed by atoms with Gasteiger partial charge in [0.1, 0.15) is 0 Å². The van der Waals surface area contributed by atoms with Gasteiger partial charge in [0.05, 0.1) is 0 Å². The van der Waals surface area contributed by atoms with Crippen LogP contribution in [0.1, 0.15) is 18.4 Å². The number of halogens is 1. The van der Waals surface area contributed by atoms with E-state index in [1.165, 1.54) is 5.56 Å². The van der Waals surface area contributed by atoms with Gasteiger partial charge in [0.25, 0.3) is 0 Å². The number of hydrogen-bond acceptors (Lipinski definition) is 1. The zero-order valence-electron chi connectivity index (χ0n) is 8.58. The summed E-state index contributed by atoms with van der Waals surface area (Å²) in [5, 5.41) is 1.04. The number of β-lactam (4-membered cyclic amide) rings is 1. The fraction of sp³-hybridized carbons (Fsp3) is 0.417. The van der Waals surface area contributed by atoms with Crippen LogP contribution in [-0.4, -0.2) is 17.8 Å². The first-order chi connectivity index (χ1) is 7.31. The van der Waals surface area contributed by atoms with Crippen molar-refractivity contribution in [2.24, 2.45) is 0 Å². The lowest BCUT2D eigenvalue weighted by Crippen LogP contribution is -2.43. The number of carbonyl (C=O) groups is 1. The zero-order valence-corrected chi connectivity index (χ0v) is 10.2. The smallest absolute Gasteiger partial charge is 0.228 e. The van der Waals surface area contributed by atoms with Crippen LogP contribution >= 0.6 is 15.9 Å². The molecular formula is C12H14BrNO. The highest BCUT2D eigenvalue weighted by molar-refractivity contribution is 9.09. The summed E-state index contributed by atoms with van der Waals surface area (Å²) in [5.74, 6) is 0.239. The van der Waals surface area contributed by atoms with Gasteiger partial charge in [-0.2, -0.15) is 0 Å². The summed E-state index contributed by atoms with van der Waals surface area (Å²) >= 11 is 3.42. The van der Waals surface area contributed by atoms with E-state index in [0.717, 1.165) is 30.4 Å². The topological polar surface area (TPSA) is 20.3 Å². The molecular weight excluding hydrogens is 254 g/mol. The number of hydrogen-bond donors (Lipinski definition) is 0. The SMILES string of the molecule is O=C1CCN1c1ccc(CCCBr)cc1. The zero-order chi connectivity index (χ0) is 10.7. The third-order valence-electron chi connectivity index (χ3n) is 2.70. The largest absolute Gasteiger partial charge is 0.312 e. The minimum Gasteiger partial charge on any atom is -0.312 e. The lowest BCUT2D eigenvalue weighted by atomic mass is 10.1. The molecule has 0 N–H and O–H groups in total. The van der Waals surface area contributed by atoms with Gasteiger partial charge in [0.2, 0.25) is 5.91 Å². The monoisotopic (exact) mass is 267 g/mol. The highest BCUT2D eigenvalue weighted by atomic mass is 79.9. The Morgan fingerprint density at radius 3 is 2.47 bits per heavy atom. The van der Waals surface area contributed by atoms with Gasteiger partial charge in [-0.1, -0.05) is 28.1 Å². The minimum absolute atomic E-state index is 0.239. The summed E-state index contributed by atoms with van der Waals surface area (Å²) < 4.78 is 0. The summed E-state index contributed by atoms with van der Waals surface area (Å²) in [5.41, 5.74) is 2.38. The first-order valence-corrected chi connectivity index (χ1v) is 6.38. The lowest BCUT2D eigenvalue weighted by molar-refractivity contribution is -0.122. The molecule has 0 saturated carbocycles. The van der Waals surface area contributed by atoms with Crippen LogP contribution in [0, 0.1) is 0 Å². The maximum atomic E-state index is 11.2. The fourth-order valence-corrected chi connectivity index (χ4v) is 1.98. The maximum Gasteiger partial charge on any atom is 0.228 e. The molecule has 0 radical (unpaired) electrons. The van der Waals surface area contributed by atoms with Crippen LogP contribution < -0.4 is 4.90 Å². The number of amides is 1. The van der Waals surface area contributed by atoms with Crippen molar-refractivity contribution in [3.63, 3.8) is 0 Å². The summed E-state index contributed by atoms with van der Waals surface area (Å²) in [6, 6.07) is 8.31. The number of anilines is 1. The molecule has 1 aliphatic heterocycles. The molecule has 2 nitrogen and oxygen atoms in total. The van der Waals surface area contributed by atoms with Crippen LogP contribution in [0.2, 0.25) is 0 Å². The molecule has 80 valence electrons. The first kappa shape index (κ1) is 10.7. The normalized spacial score (nSPS) is 15.3. The van der Waals surface area contributed by atoms with Crippen molar-refractivity contribution in [3.05, 3.63) is 29.8 Å². The Hall–Kier alpha value is -0.830. The van der Waals surface area contributed by atoms with Crippen LogP contribution in [0.4, 0.5) is 5.69 Å². The van der Waals surface area contributed by atoms with Crippen LogP contribution in [0.15, 0.2) is 24.3 Å². The predicted octanol–water partition coefficient (Wildman–Crippen LogP) is 2.75. The molecule has 0 aromatic heterocycles. The highest BCUT2D eigenvalue weighted by Crippen LogP contribution is 2.22. The second-order valence-electron chi connectivity index (χ2n) is 3.75. The number of nitrogens with zero attached hydrogens (tertiary/aromatic N) is 1. The molecule has 0 bridgehead atoms. The van der Waals surface area contributed by atoms with Crippen molar-refractivity contribution in [1.82, 2.24) is 0 Å². The van der Waals surface area contributed by atoms with E-state index in [0.29, 0.717) is 6.42 Å². The summed E-state index contributed by atoms with van der Waals surface area (Å²) in [6.45, 7) is 0.875. The Morgan fingerprint density at radius 1 is 1.27 bits per heavy atom. The second kappa shape index (κ2) is 4.79. The molecule has 15 heavy (non-hydrogen) atoms. The molecule has 1 aromatic rings. The van der Waals surface area contributed by atoms with E-state index in [4.69, 9.17) is 0 Å². The van der Waals surface area contributed by atoms with Gasteiger partial charge in [-0.05, 0) is 30.5 Å². The van der Waals surface area contributed by atoms with Crippen LogP contribution in [-0.2, 0) is 11.2 Å². The average molecular weight is 268 g/mol. The number of benzene rings is 1. The number of rotatable bonds is 4. The Morgan fingerprint density at radius 2 is 2.00 bits per heavy atom. The van der Waals surface area contributed by atoms with E-state index in [1.54, 1.807) is 0 Å². The van der Waals surface area contributed by atoms with Crippen molar-refractivity contribution in [3.8, 4) is 0 Å². The van der Waals surface area contributed by atoms with Crippen molar-refractivity contribution in [1.29, 1.82) is 0 Å². The summed E-state index contributed by atoms with van der Waals surface area (Å²) in [4.78, 5) is 13.0.